The van der Waals surface area contributed by atoms with Crippen LogP contribution < -0.4 is 5.32 Å². The molecule has 4 heteroatoms. The highest BCUT2D eigenvalue weighted by atomic mass is 16.3. The smallest absolute Gasteiger partial charge is 0.108 e. The summed E-state index contributed by atoms with van der Waals surface area (Å²) in [4.78, 5) is 4.40. The molecule has 0 radical (unpaired) electrons. The molecule has 0 aliphatic heterocycles. The third-order valence-corrected chi connectivity index (χ3v) is 3.80. The van der Waals surface area contributed by atoms with Gasteiger partial charge in [-0.25, -0.2) is 4.98 Å². The lowest BCUT2D eigenvalue weighted by Crippen LogP contribution is -2.46. The first kappa shape index (κ1) is 17.2. The van der Waals surface area contributed by atoms with Crippen molar-refractivity contribution in [2.24, 2.45) is 0 Å². The Morgan fingerprint density at radius 2 is 2.10 bits per heavy atom. The van der Waals surface area contributed by atoms with Gasteiger partial charge in [0.25, 0.3) is 0 Å². The van der Waals surface area contributed by atoms with Crippen molar-refractivity contribution in [3.8, 4) is 0 Å². The van der Waals surface area contributed by atoms with Crippen molar-refractivity contribution in [2.45, 2.75) is 71.4 Å². The maximum Gasteiger partial charge on any atom is 0.108 e. The summed E-state index contributed by atoms with van der Waals surface area (Å²) in [7, 11) is 0. The van der Waals surface area contributed by atoms with Crippen LogP contribution in [0.2, 0.25) is 0 Å². The van der Waals surface area contributed by atoms with Gasteiger partial charge in [-0.2, -0.15) is 0 Å². The molecule has 0 bridgehead atoms. The first-order valence-electron chi connectivity index (χ1n) is 8.01. The summed E-state index contributed by atoms with van der Waals surface area (Å²) >= 11 is 0. The van der Waals surface area contributed by atoms with E-state index in [1.54, 1.807) is 0 Å². The van der Waals surface area contributed by atoms with Crippen LogP contribution in [0.15, 0.2) is 12.4 Å². The molecule has 2 N–H and O–H groups in total. The number of rotatable bonds is 11. The summed E-state index contributed by atoms with van der Waals surface area (Å²) in [5.74, 6) is 1.20. The minimum Gasteiger partial charge on any atom is -0.394 e. The number of aliphatic hydroxyl groups excluding tert-OH is 1. The number of nitrogens with zero attached hydrogens (tertiary/aromatic N) is 2. The van der Waals surface area contributed by atoms with Crippen molar-refractivity contribution >= 4 is 0 Å². The lowest BCUT2D eigenvalue weighted by Gasteiger charge is -2.29. The van der Waals surface area contributed by atoms with E-state index in [0.29, 0.717) is 0 Å². The number of aliphatic hydroxyl groups is 1. The molecule has 0 aliphatic carbocycles. The second kappa shape index (κ2) is 9.14. The Hall–Kier alpha value is -0.870. The molecule has 0 amide bonds. The van der Waals surface area contributed by atoms with E-state index in [1.165, 1.54) is 5.82 Å². The molecular weight excluding hydrogens is 250 g/mol. The van der Waals surface area contributed by atoms with Gasteiger partial charge in [-0.15, -0.1) is 0 Å². The van der Waals surface area contributed by atoms with Gasteiger partial charge < -0.3 is 15.0 Å². The Morgan fingerprint density at radius 1 is 1.30 bits per heavy atom. The van der Waals surface area contributed by atoms with E-state index < -0.39 is 0 Å². The molecule has 1 heterocycles. The molecule has 0 spiro atoms. The number of aromatic nitrogens is 2. The molecule has 0 saturated carbocycles. The third kappa shape index (κ3) is 5.63. The Balaban J connectivity index is 2.31. The highest BCUT2D eigenvalue weighted by molar-refractivity contribution is 4.92. The third-order valence-electron chi connectivity index (χ3n) is 3.80. The number of nitrogens with one attached hydrogen (secondary N) is 1. The van der Waals surface area contributed by atoms with Crippen LogP contribution >= 0.6 is 0 Å². The number of imidazole rings is 1. The Labute approximate surface area is 123 Å². The van der Waals surface area contributed by atoms with Gasteiger partial charge in [0.15, 0.2) is 0 Å². The van der Waals surface area contributed by atoms with E-state index in [4.69, 9.17) is 0 Å². The van der Waals surface area contributed by atoms with Gasteiger partial charge in [0.05, 0.1) is 6.61 Å². The number of unbranched alkanes of at least 4 members (excludes halogenated alkanes) is 1. The summed E-state index contributed by atoms with van der Waals surface area (Å²) < 4.78 is 2.26. The van der Waals surface area contributed by atoms with Crippen LogP contribution in [-0.2, 0) is 13.0 Å². The number of hydrogen-bond acceptors (Lipinski definition) is 3. The Morgan fingerprint density at radius 3 is 2.75 bits per heavy atom. The Kier molecular flexibility index (Phi) is 7.85. The van der Waals surface area contributed by atoms with Gasteiger partial charge in [-0.05, 0) is 45.6 Å². The molecule has 116 valence electrons. The van der Waals surface area contributed by atoms with Crippen molar-refractivity contribution < 1.29 is 5.11 Å². The second-order valence-corrected chi connectivity index (χ2v) is 5.89. The number of hydrogen-bond donors (Lipinski definition) is 2. The van der Waals surface area contributed by atoms with Crippen molar-refractivity contribution in [1.82, 2.24) is 14.9 Å². The zero-order valence-electron chi connectivity index (χ0n) is 13.4. The van der Waals surface area contributed by atoms with Crippen molar-refractivity contribution in [3.05, 3.63) is 18.2 Å². The first-order chi connectivity index (χ1) is 9.65. The highest BCUT2D eigenvalue weighted by Crippen LogP contribution is 2.14. The lowest BCUT2D eigenvalue weighted by atomic mass is 9.95. The first-order valence-corrected chi connectivity index (χ1v) is 8.01. The molecule has 1 unspecified atom stereocenters. The topological polar surface area (TPSA) is 50.1 Å². The predicted octanol–water partition coefficient (Wildman–Crippen LogP) is 2.76. The highest BCUT2D eigenvalue weighted by Gasteiger charge is 2.21. The van der Waals surface area contributed by atoms with Crippen molar-refractivity contribution in [1.29, 1.82) is 0 Å². The minimum atomic E-state index is -0.128. The fourth-order valence-electron chi connectivity index (χ4n) is 2.44. The fraction of sp³-hybridized carbons (Fsp3) is 0.812. The molecule has 1 aromatic rings. The summed E-state index contributed by atoms with van der Waals surface area (Å²) in [6, 6.07) is 0. The van der Waals surface area contributed by atoms with Crippen LogP contribution in [0.5, 0.6) is 0 Å². The van der Waals surface area contributed by atoms with Crippen LogP contribution in [0.25, 0.3) is 0 Å². The van der Waals surface area contributed by atoms with E-state index in [0.717, 1.165) is 51.6 Å². The van der Waals surface area contributed by atoms with E-state index in [2.05, 4.69) is 41.8 Å². The minimum absolute atomic E-state index is 0.128. The van der Waals surface area contributed by atoms with E-state index >= 15 is 0 Å². The normalized spacial score (nSPS) is 14.4. The van der Waals surface area contributed by atoms with Gasteiger partial charge in [-0.1, -0.05) is 13.8 Å². The average molecular weight is 281 g/mol. The fourth-order valence-corrected chi connectivity index (χ4v) is 2.44. The predicted molar refractivity (Wildman–Crippen MR) is 83.9 cm³/mol. The van der Waals surface area contributed by atoms with E-state index in [1.807, 2.05) is 6.20 Å². The monoisotopic (exact) mass is 281 g/mol. The summed E-state index contributed by atoms with van der Waals surface area (Å²) in [6.07, 6.45) is 10.5. The summed E-state index contributed by atoms with van der Waals surface area (Å²) in [5, 5.41) is 13.0. The van der Waals surface area contributed by atoms with Gasteiger partial charge in [-0.3, -0.25) is 0 Å². The van der Waals surface area contributed by atoms with Crippen molar-refractivity contribution in [2.75, 3.05) is 13.2 Å². The van der Waals surface area contributed by atoms with Gasteiger partial charge in [0, 0.05) is 30.9 Å². The maximum atomic E-state index is 9.53. The van der Waals surface area contributed by atoms with Gasteiger partial charge >= 0.3 is 0 Å². The molecule has 1 rings (SSSR count). The molecule has 1 aromatic heterocycles. The van der Waals surface area contributed by atoms with Gasteiger partial charge in [0.1, 0.15) is 5.82 Å². The molecule has 0 saturated heterocycles. The van der Waals surface area contributed by atoms with Gasteiger partial charge in [0.2, 0.25) is 0 Å². The zero-order valence-corrected chi connectivity index (χ0v) is 13.4. The quantitative estimate of drug-likeness (QED) is 0.613. The molecule has 4 nitrogen and oxygen atoms in total. The molecule has 20 heavy (non-hydrogen) atoms. The molecule has 0 aromatic carbocycles. The average Bonchev–Trinajstić information content (AvgIpc) is 2.89. The largest absolute Gasteiger partial charge is 0.394 e. The SMILES string of the molecule is CCCNC(C)(CO)CCCCn1ccnc1CCC. The van der Waals surface area contributed by atoms with Crippen LogP contribution in [0.3, 0.4) is 0 Å². The van der Waals surface area contributed by atoms with Crippen LogP contribution in [0.1, 0.15) is 58.7 Å². The second-order valence-electron chi connectivity index (χ2n) is 5.89. The maximum absolute atomic E-state index is 9.53. The van der Waals surface area contributed by atoms with E-state index in [-0.39, 0.29) is 12.1 Å². The summed E-state index contributed by atoms with van der Waals surface area (Å²) in [5.41, 5.74) is -0.128. The van der Waals surface area contributed by atoms with Crippen LogP contribution in [0.4, 0.5) is 0 Å². The zero-order chi connectivity index (χ0) is 14.8. The number of aryl methyl sites for hydroxylation is 2. The van der Waals surface area contributed by atoms with Crippen LogP contribution in [-0.4, -0.2) is 33.3 Å². The lowest BCUT2D eigenvalue weighted by molar-refractivity contribution is 0.162. The molecule has 0 aliphatic rings. The Bertz CT molecular complexity index is 364. The molecular formula is C16H31N3O. The van der Waals surface area contributed by atoms with Crippen molar-refractivity contribution in [3.63, 3.8) is 0 Å². The standard InChI is InChI=1S/C16H31N3O/c1-4-8-15-17-11-13-19(15)12-7-6-9-16(3,14-20)18-10-5-2/h11,13,18,20H,4-10,12,14H2,1-3H3. The van der Waals surface area contributed by atoms with Crippen LogP contribution in [0, 0.1) is 0 Å². The summed E-state index contributed by atoms with van der Waals surface area (Å²) in [6.45, 7) is 8.66. The molecule has 0 fully saturated rings. The molecule has 1 atom stereocenters. The van der Waals surface area contributed by atoms with E-state index in [9.17, 15) is 5.11 Å².